The third-order valence-corrected chi connectivity index (χ3v) is 2.94. The summed E-state index contributed by atoms with van der Waals surface area (Å²) in [5.41, 5.74) is 1.71. The summed E-state index contributed by atoms with van der Waals surface area (Å²) in [6.45, 7) is 2.77. The fourth-order valence-corrected chi connectivity index (χ4v) is 1.96. The first kappa shape index (κ1) is 12.6. The average molecular weight is 246 g/mol. The Hall–Kier alpha value is -1.88. The Balaban J connectivity index is 1.78. The average Bonchev–Trinajstić information content (AvgIpc) is 2.85. The first-order valence-corrected chi connectivity index (χ1v) is 6.05. The van der Waals surface area contributed by atoms with Crippen LogP contribution in [0.2, 0.25) is 0 Å². The highest BCUT2D eigenvalue weighted by Crippen LogP contribution is 2.13. The van der Waals surface area contributed by atoms with Crippen LogP contribution in [0.15, 0.2) is 41.8 Å². The van der Waals surface area contributed by atoms with Crippen molar-refractivity contribution in [3.63, 3.8) is 0 Å². The van der Waals surface area contributed by atoms with Crippen LogP contribution in [-0.2, 0) is 6.42 Å². The van der Waals surface area contributed by atoms with E-state index in [-0.39, 0.29) is 0 Å². The maximum absolute atomic E-state index is 10.3. The van der Waals surface area contributed by atoms with Crippen LogP contribution in [0.25, 0.3) is 0 Å². The van der Waals surface area contributed by atoms with Crippen molar-refractivity contribution in [3.8, 4) is 0 Å². The smallest absolute Gasteiger partial charge is 0.108 e. The second-order valence-electron chi connectivity index (χ2n) is 4.36. The van der Waals surface area contributed by atoms with Gasteiger partial charge in [0.2, 0.25) is 0 Å². The third kappa shape index (κ3) is 3.30. The van der Waals surface area contributed by atoms with Gasteiger partial charge in [-0.15, -0.1) is 4.91 Å². The monoisotopic (exact) mass is 246 g/mol. The standard InChI is InChI=1S/C13H18N4O/c1-14-10-17-9-8-16(11-17)7-6-12-2-4-13(15-18)5-3-12/h2-5,8-9,14H,6-7,10-11H2,1H3. The van der Waals surface area contributed by atoms with Gasteiger partial charge in [-0.3, -0.25) is 0 Å². The molecular weight excluding hydrogens is 228 g/mol. The minimum absolute atomic E-state index is 0.486. The third-order valence-electron chi connectivity index (χ3n) is 2.94. The molecule has 5 nitrogen and oxygen atoms in total. The van der Waals surface area contributed by atoms with Gasteiger partial charge in [-0.25, -0.2) is 0 Å². The second kappa shape index (κ2) is 6.16. The summed E-state index contributed by atoms with van der Waals surface area (Å²) in [5, 5.41) is 6.02. The van der Waals surface area contributed by atoms with Crippen molar-refractivity contribution < 1.29 is 0 Å². The maximum atomic E-state index is 10.3. The molecule has 0 bridgehead atoms. The lowest BCUT2D eigenvalue weighted by Crippen LogP contribution is -2.32. The largest absolute Gasteiger partial charge is 0.358 e. The van der Waals surface area contributed by atoms with Gasteiger partial charge in [0, 0.05) is 18.9 Å². The number of nitrogens with zero attached hydrogens (tertiary/aromatic N) is 3. The summed E-state index contributed by atoms with van der Waals surface area (Å²) in [5.74, 6) is 0. The number of benzene rings is 1. The van der Waals surface area contributed by atoms with E-state index in [0.29, 0.717) is 5.69 Å². The van der Waals surface area contributed by atoms with Gasteiger partial charge < -0.3 is 15.1 Å². The summed E-state index contributed by atoms with van der Waals surface area (Å²) in [6.07, 6.45) is 5.17. The Kier molecular flexibility index (Phi) is 4.30. The summed E-state index contributed by atoms with van der Waals surface area (Å²) < 4.78 is 0. The lowest BCUT2D eigenvalue weighted by molar-refractivity contribution is 0.258. The summed E-state index contributed by atoms with van der Waals surface area (Å²) in [7, 11) is 1.94. The minimum atomic E-state index is 0.486. The molecule has 1 aromatic rings. The van der Waals surface area contributed by atoms with Gasteiger partial charge in [0.1, 0.15) is 5.69 Å². The van der Waals surface area contributed by atoms with E-state index in [9.17, 15) is 4.91 Å². The van der Waals surface area contributed by atoms with E-state index < -0.39 is 0 Å². The molecule has 0 radical (unpaired) electrons. The van der Waals surface area contributed by atoms with Crippen LogP contribution in [0.3, 0.4) is 0 Å². The van der Waals surface area contributed by atoms with Crippen LogP contribution < -0.4 is 5.32 Å². The van der Waals surface area contributed by atoms with E-state index in [2.05, 4.69) is 32.7 Å². The van der Waals surface area contributed by atoms with Crippen molar-refractivity contribution >= 4 is 5.69 Å². The van der Waals surface area contributed by atoms with Crippen molar-refractivity contribution in [2.45, 2.75) is 6.42 Å². The van der Waals surface area contributed by atoms with Gasteiger partial charge in [-0.1, -0.05) is 12.1 Å². The van der Waals surface area contributed by atoms with Crippen LogP contribution in [0.4, 0.5) is 5.69 Å². The fourth-order valence-electron chi connectivity index (χ4n) is 1.96. The van der Waals surface area contributed by atoms with Crippen LogP contribution in [-0.4, -0.2) is 36.7 Å². The molecule has 0 unspecified atom stereocenters. The molecule has 0 atom stereocenters. The zero-order valence-corrected chi connectivity index (χ0v) is 10.5. The summed E-state index contributed by atoms with van der Waals surface area (Å²) >= 11 is 0. The lowest BCUT2D eigenvalue weighted by Gasteiger charge is -2.20. The highest BCUT2D eigenvalue weighted by Gasteiger charge is 2.10. The molecule has 0 spiro atoms. The lowest BCUT2D eigenvalue weighted by atomic mass is 10.1. The molecule has 0 saturated carbocycles. The molecule has 0 fully saturated rings. The molecule has 0 amide bonds. The maximum Gasteiger partial charge on any atom is 0.108 e. The van der Waals surface area contributed by atoms with Crippen molar-refractivity contribution in [1.82, 2.24) is 15.1 Å². The molecule has 0 saturated heterocycles. The first-order valence-electron chi connectivity index (χ1n) is 6.05. The van der Waals surface area contributed by atoms with Crippen molar-refractivity contribution in [2.24, 2.45) is 5.18 Å². The Morgan fingerprint density at radius 1 is 1.22 bits per heavy atom. The second-order valence-corrected chi connectivity index (χ2v) is 4.36. The number of hydrogen-bond donors (Lipinski definition) is 1. The number of rotatable bonds is 6. The zero-order valence-electron chi connectivity index (χ0n) is 10.5. The van der Waals surface area contributed by atoms with Gasteiger partial charge in [0.25, 0.3) is 0 Å². The first-order chi connectivity index (χ1) is 8.81. The van der Waals surface area contributed by atoms with Gasteiger partial charge in [0.05, 0.1) is 13.3 Å². The van der Waals surface area contributed by atoms with E-state index in [1.54, 1.807) is 12.1 Å². The SMILES string of the molecule is CNCN1C=CN(CCc2ccc(N=O)cc2)C1. The Bertz CT molecular complexity index is 416. The molecule has 96 valence electrons. The molecule has 1 aromatic carbocycles. The van der Waals surface area contributed by atoms with Crippen LogP contribution in [0.1, 0.15) is 5.56 Å². The molecule has 0 aromatic heterocycles. The van der Waals surface area contributed by atoms with E-state index in [4.69, 9.17) is 0 Å². The fraction of sp³-hybridized carbons (Fsp3) is 0.385. The normalized spacial score (nSPS) is 14.3. The van der Waals surface area contributed by atoms with E-state index in [1.807, 2.05) is 19.2 Å². The molecule has 1 aliphatic heterocycles. The summed E-state index contributed by atoms with van der Waals surface area (Å²) in [6, 6.07) is 7.44. The van der Waals surface area contributed by atoms with Gasteiger partial charge in [-0.2, -0.15) is 0 Å². The number of hydrogen-bond acceptors (Lipinski definition) is 5. The molecule has 18 heavy (non-hydrogen) atoms. The van der Waals surface area contributed by atoms with Gasteiger partial charge in [0.15, 0.2) is 0 Å². The van der Waals surface area contributed by atoms with Gasteiger partial charge in [-0.05, 0) is 36.3 Å². The topological polar surface area (TPSA) is 47.9 Å². The van der Waals surface area contributed by atoms with Crippen LogP contribution >= 0.6 is 0 Å². The van der Waals surface area contributed by atoms with E-state index >= 15 is 0 Å². The highest BCUT2D eigenvalue weighted by atomic mass is 16.3. The molecule has 5 heteroatoms. The zero-order chi connectivity index (χ0) is 12.8. The molecule has 1 N–H and O–H groups in total. The summed E-state index contributed by atoms with van der Waals surface area (Å²) in [4.78, 5) is 14.8. The minimum Gasteiger partial charge on any atom is -0.358 e. The molecule has 1 aliphatic rings. The highest BCUT2D eigenvalue weighted by molar-refractivity contribution is 5.38. The molecular formula is C13H18N4O. The number of nitroso groups, excluding NO2 is 1. The number of nitrogens with one attached hydrogen (secondary N) is 1. The van der Waals surface area contributed by atoms with E-state index in [1.165, 1.54) is 5.56 Å². The van der Waals surface area contributed by atoms with Crippen LogP contribution in [0.5, 0.6) is 0 Å². The predicted octanol–water partition coefficient (Wildman–Crippen LogP) is 1.85. The molecule has 2 rings (SSSR count). The Labute approximate surface area is 107 Å². The Morgan fingerprint density at radius 2 is 1.94 bits per heavy atom. The van der Waals surface area contributed by atoms with Crippen molar-refractivity contribution in [3.05, 3.63) is 47.1 Å². The molecule has 0 aliphatic carbocycles. The quantitative estimate of drug-likeness (QED) is 0.778. The van der Waals surface area contributed by atoms with E-state index in [0.717, 1.165) is 26.3 Å². The van der Waals surface area contributed by atoms with Crippen molar-refractivity contribution in [2.75, 3.05) is 26.9 Å². The van der Waals surface area contributed by atoms with Gasteiger partial charge >= 0.3 is 0 Å². The van der Waals surface area contributed by atoms with Crippen LogP contribution in [0, 0.1) is 4.91 Å². The molecule has 1 heterocycles. The Morgan fingerprint density at radius 3 is 2.61 bits per heavy atom. The predicted molar refractivity (Wildman–Crippen MR) is 72.1 cm³/mol. The van der Waals surface area contributed by atoms with Crippen molar-refractivity contribution in [1.29, 1.82) is 0 Å².